The van der Waals surface area contributed by atoms with Crippen molar-refractivity contribution in [2.75, 3.05) is 22.0 Å². The molecule has 1 unspecified atom stereocenters. The summed E-state index contributed by atoms with van der Waals surface area (Å²) in [7, 11) is -3.43. The Morgan fingerprint density at radius 2 is 1.89 bits per heavy atom. The van der Waals surface area contributed by atoms with Gasteiger partial charge in [-0.05, 0) is 62.4 Å². The number of rotatable bonds is 6. The molecule has 2 aromatic rings. The number of nitrogens with zero attached hydrogens (tertiary/aromatic N) is 2. The van der Waals surface area contributed by atoms with Crippen LogP contribution in [0.3, 0.4) is 0 Å². The zero-order chi connectivity index (χ0) is 20.5. The molecule has 1 aliphatic heterocycles. The third-order valence-electron chi connectivity index (χ3n) is 5.26. The Hall–Kier alpha value is -2.34. The van der Waals surface area contributed by atoms with Gasteiger partial charge in [0.15, 0.2) is 0 Å². The molecule has 0 bridgehead atoms. The molecule has 2 aromatic carbocycles. The lowest BCUT2D eigenvalue weighted by Crippen LogP contribution is -2.37. The van der Waals surface area contributed by atoms with Gasteiger partial charge in [-0.15, -0.1) is 0 Å². The summed E-state index contributed by atoms with van der Waals surface area (Å²) >= 11 is 0. The summed E-state index contributed by atoms with van der Waals surface area (Å²) in [5, 5.41) is 0. The van der Waals surface area contributed by atoms with Crippen LogP contribution in [0.25, 0.3) is 0 Å². The number of aryl methyl sites for hydroxylation is 2. The lowest BCUT2D eigenvalue weighted by molar-refractivity contribution is -0.118. The number of amides is 1. The van der Waals surface area contributed by atoms with E-state index in [-0.39, 0.29) is 11.9 Å². The maximum Gasteiger partial charge on any atom is 0.232 e. The molecule has 0 aliphatic carbocycles. The fraction of sp³-hybridized carbons (Fsp3) is 0.409. The van der Waals surface area contributed by atoms with Crippen molar-refractivity contribution in [1.29, 1.82) is 0 Å². The molecule has 1 amide bonds. The van der Waals surface area contributed by atoms with Gasteiger partial charge in [-0.25, -0.2) is 8.42 Å². The Kier molecular flexibility index (Phi) is 5.79. The molecule has 1 heterocycles. The van der Waals surface area contributed by atoms with Gasteiger partial charge in [0.2, 0.25) is 15.9 Å². The van der Waals surface area contributed by atoms with Crippen molar-refractivity contribution >= 4 is 27.3 Å². The molecular weight excluding hydrogens is 372 g/mol. The Morgan fingerprint density at radius 1 is 1.18 bits per heavy atom. The SMILES string of the molecule is Cc1ccc(C)c(N(CCCC(=O)N2c3ccccc3CC2C)S(C)(=O)=O)c1. The monoisotopic (exact) mass is 400 g/mol. The number of benzene rings is 2. The van der Waals surface area contributed by atoms with Crippen LogP contribution in [0.2, 0.25) is 0 Å². The lowest BCUT2D eigenvalue weighted by atomic mass is 10.1. The number of hydrogen-bond donors (Lipinski definition) is 0. The first-order chi connectivity index (χ1) is 13.2. The van der Waals surface area contributed by atoms with E-state index in [1.54, 1.807) is 0 Å². The molecule has 0 spiro atoms. The summed E-state index contributed by atoms with van der Waals surface area (Å²) in [6, 6.07) is 13.9. The Bertz CT molecular complexity index is 985. The Morgan fingerprint density at radius 3 is 2.61 bits per heavy atom. The van der Waals surface area contributed by atoms with E-state index in [2.05, 4.69) is 13.0 Å². The van der Waals surface area contributed by atoms with E-state index in [0.29, 0.717) is 25.1 Å². The summed E-state index contributed by atoms with van der Waals surface area (Å²) in [6.07, 6.45) is 2.87. The Balaban J connectivity index is 1.72. The van der Waals surface area contributed by atoms with Crippen molar-refractivity contribution in [2.24, 2.45) is 0 Å². The summed E-state index contributed by atoms with van der Waals surface area (Å²) < 4.78 is 26.2. The molecule has 150 valence electrons. The maximum atomic E-state index is 12.9. The van der Waals surface area contributed by atoms with Crippen LogP contribution < -0.4 is 9.21 Å². The predicted molar refractivity (Wildman–Crippen MR) is 114 cm³/mol. The van der Waals surface area contributed by atoms with Crippen molar-refractivity contribution in [3.8, 4) is 0 Å². The number of fused-ring (bicyclic) bond motifs is 1. The van der Waals surface area contributed by atoms with Gasteiger partial charge in [-0.1, -0.05) is 30.3 Å². The van der Waals surface area contributed by atoms with Crippen molar-refractivity contribution in [2.45, 2.75) is 46.1 Å². The average molecular weight is 401 g/mol. The van der Waals surface area contributed by atoms with E-state index < -0.39 is 10.0 Å². The number of carbonyl (C=O) groups is 1. The molecule has 0 saturated carbocycles. The first kappa shape index (κ1) is 20.4. The van der Waals surface area contributed by atoms with Crippen LogP contribution in [-0.4, -0.2) is 33.2 Å². The number of para-hydroxylation sites is 1. The quantitative estimate of drug-likeness (QED) is 0.740. The van der Waals surface area contributed by atoms with Crippen LogP contribution in [0.1, 0.15) is 36.5 Å². The normalized spacial score (nSPS) is 16.1. The second-order valence-electron chi connectivity index (χ2n) is 7.67. The van der Waals surface area contributed by atoms with Crippen molar-refractivity contribution in [3.63, 3.8) is 0 Å². The molecule has 0 radical (unpaired) electrons. The third kappa shape index (κ3) is 4.22. The van der Waals surface area contributed by atoms with Gasteiger partial charge in [-0.2, -0.15) is 0 Å². The summed E-state index contributed by atoms with van der Waals surface area (Å²) in [6.45, 7) is 6.19. The Labute approximate surface area is 168 Å². The molecule has 0 saturated heterocycles. The standard InChI is InChI=1S/C22H28N2O3S/c1-16-11-12-17(2)21(14-16)23(28(4,26)27)13-7-10-22(25)24-18(3)15-19-8-5-6-9-20(19)24/h5-6,8-9,11-12,14,18H,7,10,13,15H2,1-4H3. The van der Waals surface area contributed by atoms with E-state index in [0.717, 1.165) is 23.2 Å². The van der Waals surface area contributed by atoms with Crippen LogP contribution in [-0.2, 0) is 21.2 Å². The lowest BCUT2D eigenvalue weighted by Gasteiger charge is -2.26. The molecule has 1 aliphatic rings. The topological polar surface area (TPSA) is 57.7 Å². The molecule has 3 rings (SSSR count). The van der Waals surface area contributed by atoms with Gasteiger partial charge in [0.1, 0.15) is 0 Å². The minimum atomic E-state index is -3.43. The van der Waals surface area contributed by atoms with Crippen molar-refractivity contribution < 1.29 is 13.2 Å². The molecule has 0 aromatic heterocycles. The van der Waals surface area contributed by atoms with Gasteiger partial charge in [0.25, 0.3) is 0 Å². The fourth-order valence-corrected chi connectivity index (χ4v) is 4.91. The van der Waals surface area contributed by atoms with Gasteiger partial charge in [0.05, 0.1) is 11.9 Å². The summed E-state index contributed by atoms with van der Waals surface area (Å²) in [5.41, 5.74) is 4.78. The van der Waals surface area contributed by atoms with Crippen molar-refractivity contribution in [3.05, 3.63) is 59.2 Å². The molecule has 6 heteroatoms. The molecule has 1 atom stereocenters. The first-order valence-corrected chi connectivity index (χ1v) is 11.5. The second-order valence-corrected chi connectivity index (χ2v) is 9.58. The summed E-state index contributed by atoms with van der Waals surface area (Å²) in [4.78, 5) is 14.7. The number of hydrogen-bond acceptors (Lipinski definition) is 3. The summed E-state index contributed by atoms with van der Waals surface area (Å²) in [5.74, 6) is 0.0480. The number of carbonyl (C=O) groups excluding carboxylic acids is 1. The van der Waals surface area contributed by atoms with Gasteiger partial charge in [0, 0.05) is 24.7 Å². The highest BCUT2D eigenvalue weighted by atomic mass is 32.2. The molecule has 28 heavy (non-hydrogen) atoms. The van der Waals surface area contributed by atoms with E-state index in [4.69, 9.17) is 0 Å². The number of anilines is 2. The molecular formula is C22H28N2O3S. The smallest absolute Gasteiger partial charge is 0.232 e. The van der Waals surface area contributed by atoms with E-state index in [9.17, 15) is 13.2 Å². The third-order valence-corrected chi connectivity index (χ3v) is 6.44. The molecule has 0 N–H and O–H groups in total. The van der Waals surface area contributed by atoms with Crippen LogP contribution in [0, 0.1) is 13.8 Å². The zero-order valence-electron chi connectivity index (χ0n) is 17.0. The largest absolute Gasteiger partial charge is 0.309 e. The minimum Gasteiger partial charge on any atom is -0.309 e. The van der Waals surface area contributed by atoms with Crippen LogP contribution in [0.15, 0.2) is 42.5 Å². The van der Waals surface area contributed by atoms with Crippen molar-refractivity contribution in [1.82, 2.24) is 0 Å². The zero-order valence-corrected chi connectivity index (χ0v) is 17.8. The first-order valence-electron chi connectivity index (χ1n) is 9.63. The fourth-order valence-electron chi connectivity index (χ4n) is 3.89. The van der Waals surface area contributed by atoms with Gasteiger partial charge >= 0.3 is 0 Å². The van der Waals surface area contributed by atoms with Crippen LogP contribution in [0.5, 0.6) is 0 Å². The highest BCUT2D eigenvalue weighted by molar-refractivity contribution is 7.92. The van der Waals surface area contributed by atoms with Gasteiger partial charge in [-0.3, -0.25) is 9.10 Å². The van der Waals surface area contributed by atoms with Crippen LogP contribution in [0.4, 0.5) is 11.4 Å². The predicted octanol–water partition coefficient (Wildman–Crippen LogP) is 3.83. The second kappa shape index (κ2) is 7.95. The highest BCUT2D eigenvalue weighted by Crippen LogP contribution is 2.32. The van der Waals surface area contributed by atoms with E-state index in [1.165, 1.54) is 16.1 Å². The minimum absolute atomic E-state index is 0.0480. The molecule has 5 nitrogen and oxygen atoms in total. The number of sulfonamides is 1. The van der Waals surface area contributed by atoms with Crippen LogP contribution >= 0.6 is 0 Å². The molecule has 0 fully saturated rings. The highest BCUT2D eigenvalue weighted by Gasteiger charge is 2.30. The van der Waals surface area contributed by atoms with E-state index in [1.807, 2.05) is 55.1 Å². The van der Waals surface area contributed by atoms with Gasteiger partial charge < -0.3 is 4.90 Å². The van der Waals surface area contributed by atoms with E-state index >= 15 is 0 Å². The average Bonchev–Trinajstić information content (AvgIpc) is 2.95. The maximum absolute atomic E-state index is 12.9.